The highest BCUT2D eigenvalue weighted by atomic mass is 16.6. The zero-order valence-electron chi connectivity index (χ0n) is 19.6. The number of fused-ring (bicyclic) bond motifs is 1. The van der Waals surface area contributed by atoms with Crippen LogP contribution in [0.15, 0.2) is 17.8 Å². The number of hydrogen-bond acceptors (Lipinski definition) is 7. The first-order chi connectivity index (χ1) is 15.7. The van der Waals surface area contributed by atoms with E-state index < -0.39 is 11.7 Å². The molecule has 2 saturated heterocycles. The van der Waals surface area contributed by atoms with Crippen LogP contribution in [0, 0.1) is 16.7 Å². The van der Waals surface area contributed by atoms with Crippen LogP contribution in [0.2, 0.25) is 0 Å². The number of carbonyl (C=O) groups is 2. The summed E-state index contributed by atoms with van der Waals surface area (Å²) >= 11 is 0. The largest absolute Gasteiger partial charge is 0.444 e. The number of carbonyl (C=O) groups excluding carboxylic acids is 2. The maximum absolute atomic E-state index is 12.7. The highest BCUT2D eigenvalue weighted by Gasteiger charge is 2.45. The minimum Gasteiger partial charge on any atom is -0.444 e. The number of aromatic nitrogens is 1. The van der Waals surface area contributed by atoms with E-state index in [1.165, 1.54) is 12.8 Å². The number of allylic oxidation sites excluding steroid dienone is 1. The van der Waals surface area contributed by atoms with Gasteiger partial charge in [-0.05, 0) is 63.5 Å². The fourth-order valence-corrected chi connectivity index (χ4v) is 5.09. The van der Waals surface area contributed by atoms with E-state index in [9.17, 15) is 14.9 Å². The lowest BCUT2D eigenvalue weighted by molar-refractivity contribution is -0.114. The molecule has 0 unspecified atom stereocenters. The molecule has 0 atom stereocenters. The smallest absolute Gasteiger partial charge is 0.407 e. The van der Waals surface area contributed by atoms with Gasteiger partial charge in [-0.25, -0.2) is 9.78 Å². The Morgan fingerprint density at radius 1 is 1.21 bits per heavy atom. The predicted molar refractivity (Wildman–Crippen MR) is 123 cm³/mol. The van der Waals surface area contributed by atoms with Gasteiger partial charge in [0.25, 0.3) is 0 Å². The molecule has 3 fully saturated rings. The number of likely N-dealkylation sites (tertiary alicyclic amines) is 1. The van der Waals surface area contributed by atoms with Crippen LogP contribution in [-0.2, 0) is 16.0 Å². The van der Waals surface area contributed by atoms with Crippen LogP contribution in [0.4, 0.5) is 10.6 Å². The Bertz CT molecular complexity index is 1060. The summed E-state index contributed by atoms with van der Waals surface area (Å²) in [4.78, 5) is 33.7. The van der Waals surface area contributed by atoms with Crippen molar-refractivity contribution in [3.05, 3.63) is 29.0 Å². The summed E-state index contributed by atoms with van der Waals surface area (Å²) in [5, 5.41) is 12.7. The van der Waals surface area contributed by atoms with Crippen LogP contribution in [0.25, 0.3) is 5.70 Å². The lowest BCUT2D eigenvalue weighted by Crippen LogP contribution is -2.60. The van der Waals surface area contributed by atoms with Gasteiger partial charge in [0, 0.05) is 44.4 Å². The molecule has 4 aliphatic rings. The Morgan fingerprint density at radius 3 is 2.52 bits per heavy atom. The van der Waals surface area contributed by atoms with Crippen molar-refractivity contribution < 1.29 is 14.3 Å². The summed E-state index contributed by atoms with van der Waals surface area (Å²) in [6.45, 7) is 8.58. The molecule has 174 valence electrons. The Morgan fingerprint density at radius 2 is 1.91 bits per heavy atom. The number of amides is 1. The van der Waals surface area contributed by atoms with Gasteiger partial charge in [0.2, 0.25) is 0 Å². The van der Waals surface area contributed by atoms with Crippen LogP contribution in [0.1, 0.15) is 57.6 Å². The number of hydrogen-bond donors (Lipinski definition) is 1. The maximum atomic E-state index is 12.7. The van der Waals surface area contributed by atoms with E-state index in [2.05, 4.69) is 26.2 Å². The summed E-state index contributed by atoms with van der Waals surface area (Å²) in [5.74, 6) is 0.683. The number of ether oxygens (including phenoxy) is 1. The second-order valence-electron chi connectivity index (χ2n) is 10.9. The number of nitriles is 1. The van der Waals surface area contributed by atoms with Crippen molar-refractivity contribution in [3.63, 3.8) is 0 Å². The molecular formula is C25H31N5O3. The van der Waals surface area contributed by atoms with Gasteiger partial charge in [0.05, 0.1) is 11.7 Å². The standard InChI is InChI=1S/C25H31N5O3/c1-24(2,3)33-23(32)28-17-14-30(15-17)21-11-18-16(13-27-21)10-20(31)19(12-26)22(18)29-8-6-25(4-5-25)7-9-29/h11,13,17H,4-10,14-15H2,1-3H3,(H,28,32). The topological polar surface area (TPSA) is 98.6 Å². The third-order valence-electron chi connectivity index (χ3n) is 7.23. The molecule has 2 aliphatic carbocycles. The normalized spacial score (nSPS) is 21.9. The van der Waals surface area contributed by atoms with Crippen LogP contribution < -0.4 is 10.2 Å². The monoisotopic (exact) mass is 449 g/mol. The Hall–Kier alpha value is -3.08. The quantitative estimate of drug-likeness (QED) is 0.757. The molecule has 5 rings (SSSR count). The van der Waals surface area contributed by atoms with Crippen molar-refractivity contribution in [2.75, 3.05) is 31.1 Å². The number of pyridine rings is 1. The number of alkyl carbamates (subject to hydrolysis) is 1. The molecule has 1 spiro atoms. The number of nitrogens with zero attached hydrogens (tertiary/aromatic N) is 4. The number of rotatable bonds is 3. The SMILES string of the molecule is CC(C)(C)OC(=O)NC1CN(c2cc3c(cn2)CC(=O)C(C#N)=C3N2CCC3(CC2)CC3)C1. The summed E-state index contributed by atoms with van der Waals surface area (Å²) in [7, 11) is 0. The van der Waals surface area contributed by atoms with Gasteiger partial charge in [-0.3, -0.25) is 4.79 Å². The van der Waals surface area contributed by atoms with Crippen molar-refractivity contribution in [2.24, 2.45) is 5.41 Å². The zero-order chi connectivity index (χ0) is 23.4. The van der Waals surface area contributed by atoms with E-state index >= 15 is 0 Å². The molecule has 1 amide bonds. The molecule has 1 aromatic heterocycles. The highest BCUT2D eigenvalue weighted by molar-refractivity contribution is 6.10. The predicted octanol–water partition coefficient (Wildman–Crippen LogP) is 3.03. The summed E-state index contributed by atoms with van der Waals surface area (Å²) in [6, 6.07) is 4.21. The van der Waals surface area contributed by atoms with Gasteiger partial charge in [0.1, 0.15) is 23.1 Å². The minimum absolute atomic E-state index is 0.000711. The average Bonchev–Trinajstić information content (AvgIpc) is 3.47. The number of piperidine rings is 1. The molecule has 1 N–H and O–H groups in total. The van der Waals surface area contributed by atoms with Crippen LogP contribution >= 0.6 is 0 Å². The van der Waals surface area contributed by atoms with Gasteiger partial charge >= 0.3 is 6.09 Å². The fraction of sp³-hybridized carbons (Fsp3) is 0.600. The Kier molecular flexibility index (Phi) is 5.11. The molecule has 3 heterocycles. The number of ketones is 1. The van der Waals surface area contributed by atoms with Crippen LogP contribution in [0.3, 0.4) is 0 Å². The number of nitrogens with one attached hydrogen (secondary N) is 1. The van der Waals surface area contributed by atoms with E-state index in [1.807, 2.05) is 26.8 Å². The number of anilines is 1. The van der Waals surface area contributed by atoms with Gasteiger partial charge in [-0.2, -0.15) is 5.26 Å². The molecule has 0 aromatic carbocycles. The van der Waals surface area contributed by atoms with Gasteiger partial charge in [-0.15, -0.1) is 0 Å². The van der Waals surface area contributed by atoms with Crippen molar-refractivity contribution in [3.8, 4) is 6.07 Å². The molecule has 1 saturated carbocycles. The van der Waals surface area contributed by atoms with Gasteiger partial charge < -0.3 is 19.9 Å². The second-order valence-corrected chi connectivity index (χ2v) is 10.9. The Labute approximate surface area is 194 Å². The summed E-state index contributed by atoms with van der Waals surface area (Å²) < 4.78 is 5.34. The Balaban J connectivity index is 1.33. The molecule has 8 nitrogen and oxygen atoms in total. The lowest BCUT2D eigenvalue weighted by Gasteiger charge is -2.41. The average molecular weight is 450 g/mol. The highest BCUT2D eigenvalue weighted by Crippen LogP contribution is 2.54. The van der Waals surface area contributed by atoms with E-state index in [1.54, 1.807) is 6.20 Å². The van der Waals surface area contributed by atoms with Crippen LogP contribution in [0.5, 0.6) is 0 Å². The van der Waals surface area contributed by atoms with Crippen molar-refractivity contribution in [2.45, 2.75) is 64.5 Å². The van der Waals surface area contributed by atoms with Gasteiger partial charge in [-0.1, -0.05) is 0 Å². The van der Waals surface area contributed by atoms with Gasteiger partial charge in [0.15, 0.2) is 5.78 Å². The third-order valence-corrected chi connectivity index (χ3v) is 7.23. The zero-order valence-corrected chi connectivity index (χ0v) is 19.6. The maximum Gasteiger partial charge on any atom is 0.407 e. The lowest BCUT2D eigenvalue weighted by atomic mass is 9.86. The minimum atomic E-state index is -0.528. The molecule has 0 bridgehead atoms. The molecule has 0 radical (unpaired) electrons. The molecule has 8 heteroatoms. The first-order valence-electron chi connectivity index (χ1n) is 11.8. The van der Waals surface area contributed by atoms with Crippen molar-refractivity contribution in [1.82, 2.24) is 15.2 Å². The van der Waals surface area contributed by atoms with E-state index in [0.717, 1.165) is 48.6 Å². The van der Waals surface area contributed by atoms with Crippen LogP contribution in [-0.4, -0.2) is 59.6 Å². The van der Waals surface area contributed by atoms with Crippen molar-refractivity contribution in [1.29, 1.82) is 5.26 Å². The molecular weight excluding hydrogens is 418 g/mol. The first-order valence-corrected chi connectivity index (χ1v) is 11.8. The third kappa shape index (κ3) is 4.29. The molecule has 33 heavy (non-hydrogen) atoms. The number of Topliss-reactive ketones (excluding diaryl/α,β-unsaturated/α-hetero) is 1. The fourth-order valence-electron chi connectivity index (χ4n) is 5.09. The van der Waals surface area contributed by atoms with E-state index in [0.29, 0.717) is 18.5 Å². The molecule has 2 aliphatic heterocycles. The molecule has 1 aromatic rings. The summed E-state index contributed by atoms with van der Waals surface area (Å²) in [6.07, 6.45) is 6.45. The first kappa shape index (κ1) is 21.7. The van der Waals surface area contributed by atoms with Crippen molar-refractivity contribution >= 4 is 23.4 Å². The van der Waals surface area contributed by atoms with E-state index in [4.69, 9.17) is 4.74 Å². The summed E-state index contributed by atoms with van der Waals surface area (Å²) in [5.41, 5.74) is 2.88. The van der Waals surface area contributed by atoms with E-state index in [-0.39, 0.29) is 23.8 Å². The second kappa shape index (κ2) is 7.75.